The second-order valence-electron chi connectivity index (χ2n) is 5.10. The first kappa shape index (κ1) is 19.8. The van der Waals surface area contributed by atoms with Gasteiger partial charge in [0.1, 0.15) is 12.4 Å². The standard InChI is InChI=1S/C16H11ClF4INO2/c1-8-4-10(16(19,20)21)6-13(22)14(8)23-15(24)25-7-9-2-3-12(18)11(17)5-9/h2-6H,7H2,1H3,(H,23,24). The van der Waals surface area contributed by atoms with Crippen molar-refractivity contribution in [3.05, 3.63) is 61.4 Å². The molecule has 2 aromatic rings. The highest BCUT2D eigenvalue weighted by Gasteiger charge is 2.31. The minimum Gasteiger partial charge on any atom is -0.444 e. The summed E-state index contributed by atoms with van der Waals surface area (Å²) in [4.78, 5) is 11.9. The number of benzene rings is 2. The molecule has 134 valence electrons. The lowest BCUT2D eigenvalue weighted by Crippen LogP contribution is -2.16. The van der Waals surface area contributed by atoms with Gasteiger partial charge in [-0.1, -0.05) is 17.7 Å². The van der Waals surface area contributed by atoms with Gasteiger partial charge in [-0.3, -0.25) is 5.32 Å². The van der Waals surface area contributed by atoms with Crippen molar-refractivity contribution < 1.29 is 27.1 Å². The summed E-state index contributed by atoms with van der Waals surface area (Å²) in [5.41, 5.74) is 0.159. The molecule has 0 radical (unpaired) electrons. The lowest BCUT2D eigenvalue weighted by atomic mass is 10.1. The molecule has 0 atom stereocenters. The van der Waals surface area contributed by atoms with Crippen LogP contribution in [0.25, 0.3) is 0 Å². The number of alkyl halides is 3. The summed E-state index contributed by atoms with van der Waals surface area (Å²) in [6.07, 6.45) is -5.31. The molecule has 9 heteroatoms. The summed E-state index contributed by atoms with van der Waals surface area (Å²) in [5, 5.41) is 2.31. The summed E-state index contributed by atoms with van der Waals surface area (Å²) < 4.78 is 56.5. The van der Waals surface area contributed by atoms with Gasteiger partial charge >= 0.3 is 12.3 Å². The van der Waals surface area contributed by atoms with Gasteiger partial charge < -0.3 is 4.74 Å². The Labute approximate surface area is 159 Å². The molecule has 2 rings (SSSR count). The molecule has 3 nitrogen and oxygen atoms in total. The van der Waals surface area contributed by atoms with E-state index in [0.29, 0.717) is 5.56 Å². The Morgan fingerprint density at radius 2 is 1.96 bits per heavy atom. The molecule has 0 aliphatic carbocycles. The molecule has 0 saturated heterocycles. The Morgan fingerprint density at radius 1 is 1.28 bits per heavy atom. The zero-order valence-electron chi connectivity index (χ0n) is 12.7. The molecule has 0 heterocycles. The molecule has 1 amide bonds. The SMILES string of the molecule is Cc1cc(C(F)(F)F)cc(I)c1NC(=O)OCc1ccc(F)c(Cl)c1. The summed E-state index contributed by atoms with van der Waals surface area (Å²) in [7, 11) is 0. The lowest BCUT2D eigenvalue weighted by Gasteiger charge is -2.14. The van der Waals surface area contributed by atoms with Gasteiger partial charge in [0.05, 0.1) is 16.3 Å². The van der Waals surface area contributed by atoms with Crippen molar-refractivity contribution >= 4 is 46.0 Å². The second-order valence-corrected chi connectivity index (χ2v) is 6.67. The highest BCUT2D eigenvalue weighted by atomic mass is 127. The molecule has 25 heavy (non-hydrogen) atoms. The van der Waals surface area contributed by atoms with Gasteiger partial charge in [0, 0.05) is 3.57 Å². The molecule has 2 aromatic carbocycles. The minimum atomic E-state index is -4.47. The van der Waals surface area contributed by atoms with Gasteiger partial charge in [-0.15, -0.1) is 0 Å². The summed E-state index contributed by atoms with van der Waals surface area (Å²) in [6, 6.07) is 5.74. The van der Waals surface area contributed by atoms with Crippen LogP contribution >= 0.6 is 34.2 Å². The number of rotatable bonds is 3. The monoisotopic (exact) mass is 487 g/mol. The number of aryl methyl sites for hydroxylation is 1. The quantitative estimate of drug-likeness (QED) is 0.416. The topological polar surface area (TPSA) is 38.3 Å². The fourth-order valence-corrected chi connectivity index (χ4v) is 3.08. The molecule has 0 spiro atoms. The number of hydrogen-bond acceptors (Lipinski definition) is 2. The van der Waals surface area contributed by atoms with Gasteiger partial charge in [-0.25, -0.2) is 9.18 Å². The van der Waals surface area contributed by atoms with Crippen LogP contribution in [0.15, 0.2) is 30.3 Å². The Kier molecular flexibility index (Phi) is 6.15. The zero-order chi connectivity index (χ0) is 18.8. The van der Waals surface area contributed by atoms with Gasteiger partial charge in [0.2, 0.25) is 0 Å². The van der Waals surface area contributed by atoms with Crippen molar-refractivity contribution in [2.24, 2.45) is 0 Å². The van der Waals surface area contributed by atoms with E-state index in [1.807, 2.05) is 0 Å². The first-order chi connectivity index (χ1) is 11.6. The first-order valence-corrected chi connectivity index (χ1v) is 8.28. The summed E-state index contributed by atoms with van der Waals surface area (Å²) >= 11 is 7.33. The van der Waals surface area contributed by atoms with Crippen molar-refractivity contribution in [1.82, 2.24) is 0 Å². The fourth-order valence-electron chi connectivity index (χ4n) is 1.98. The number of carbonyl (C=O) groups excluding carboxylic acids is 1. The third kappa shape index (κ3) is 5.21. The number of amides is 1. The molecular weight excluding hydrogens is 477 g/mol. The van der Waals surface area contributed by atoms with Gasteiger partial charge in [-0.05, 0) is 64.9 Å². The molecule has 0 fully saturated rings. The number of nitrogens with one attached hydrogen (secondary N) is 1. The van der Waals surface area contributed by atoms with E-state index in [1.54, 1.807) is 22.6 Å². The van der Waals surface area contributed by atoms with Crippen LogP contribution in [0.1, 0.15) is 16.7 Å². The van der Waals surface area contributed by atoms with Crippen molar-refractivity contribution in [1.29, 1.82) is 0 Å². The minimum absolute atomic E-state index is 0.102. The average molecular weight is 488 g/mol. The van der Waals surface area contributed by atoms with E-state index in [0.717, 1.165) is 18.2 Å². The van der Waals surface area contributed by atoms with Crippen LogP contribution in [0.4, 0.5) is 28.0 Å². The largest absolute Gasteiger partial charge is 0.444 e. The summed E-state index contributed by atoms with van der Waals surface area (Å²) in [6.45, 7) is 1.29. The van der Waals surface area contributed by atoms with Crippen molar-refractivity contribution in [2.45, 2.75) is 19.7 Å². The Bertz CT molecular complexity index is 788. The average Bonchev–Trinajstić information content (AvgIpc) is 2.51. The Morgan fingerprint density at radius 3 is 2.52 bits per heavy atom. The van der Waals surface area contributed by atoms with Crippen LogP contribution in [0, 0.1) is 16.3 Å². The molecule has 0 aliphatic rings. The maximum atomic E-state index is 13.1. The summed E-state index contributed by atoms with van der Waals surface area (Å²) in [5.74, 6) is -0.593. The highest BCUT2D eigenvalue weighted by Crippen LogP contribution is 2.34. The maximum absolute atomic E-state index is 13.1. The molecule has 0 unspecified atom stereocenters. The van der Waals surface area contributed by atoms with E-state index in [-0.39, 0.29) is 26.5 Å². The van der Waals surface area contributed by atoms with Crippen LogP contribution < -0.4 is 5.32 Å². The molecule has 0 aliphatic heterocycles. The molecule has 1 N–H and O–H groups in total. The first-order valence-electron chi connectivity index (χ1n) is 6.83. The number of hydrogen-bond donors (Lipinski definition) is 1. The number of anilines is 1. The van der Waals surface area contributed by atoms with E-state index in [4.69, 9.17) is 16.3 Å². The third-order valence-corrected chi connectivity index (χ3v) is 4.34. The molecular formula is C16H11ClF4INO2. The van der Waals surface area contributed by atoms with Crippen LogP contribution in [0.3, 0.4) is 0 Å². The zero-order valence-corrected chi connectivity index (χ0v) is 15.6. The van der Waals surface area contributed by atoms with Gasteiger partial charge in [0.15, 0.2) is 0 Å². The third-order valence-electron chi connectivity index (χ3n) is 3.20. The normalized spacial score (nSPS) is 11.3. The number of carbonyl (C=O) groups is 1. The lowest BCUT2D eigenvalue weighted by molar-refractivity contribution is -0.137. The van der Waals surface area contributed by atoms with E-state index < -0.39 is 23.7 Å². The van der Waals surface area contributed by atoms with Crippen LogP contribution in [-0.2, 0) is 17.5 Å². The van der Waals surface area contributed by atoms with Crippen LogP contribution in [0.2, 0.25) is 5.02 Å². The van der Waals surface area contributed by atoms with Crippen molar-refractivity contribution in [3.63, 3.8) is 0 Å². The Hall–Kier alpha value is -1.55. The van der Waals surface area contributed by atoms with E-state index >= 15 is 0 Å². The molecule has 0 saturated carbocycles. The predicted molar refractivity (Wildman–Crippen MR) is 94.1 cm³/mol. The van der Waals surface area contributed by atoms with Crippen LogP contribution in [0.5, 0.6) is 0 Å². The predicted octanol–water partition coefficient (Wildman–Crippen LogP) is 6.16. The smallest absolute Gasteiger partial charge is 0.416 e. The second kappa shape index (κ2) is 7.77. The van der Waals surface area contributed by atoms with Crippen LogP contribution in [-0.4, -0.2) is 6.09 Å². The van der Waals surface area contributed by atoms with Gasteiger partial charge in [0.25, 0.3) is 0 Å². The van der Waals surface area contributed by atoms with Crippen molar-refractivity contribution in [3.8, 4) is 0 Å². The number of ether oxygens (including phenoxy) is 1. The van der Waals surface area contributed by atoms with E-state index in [1.165, 1.54) is 19.1 Å². The molecule has 0 bridgehead atoms. The van der Waals surface area contributed by atoms with E-state index in [9.17, 15) is 22.4 Å². The maximum Gasteiger partial charge on any atom is 0.416 e. The highest BCUT2D eigenvalue weighted by molar-refractivity contribution is 14.1. The van der Waals surface area contributed by atoms with Crippen molar-refractivity contribution in [2.75, 3.05) is 5.32 Å². The van der Waals surface area contributed by atoms with E-state index in [2.05, 4.69) is 5.32 Å². The molecule has 0 aromatic heterocycles. The Balaban J connectivity index is 2.06. The number of halogens is 6. The van der Waals surface area contributed by atoms with Gasteiger partial charge in [-0.2, -0.15) is 13.2 Å². The fraction of sp³-hybridized carbons (Fsp3) is 0.188.